The molecule has 0 N–H and O–H groups in total. The molecule has 1 amide bonds. The van der Waals surface area contributed by atoms with Crippen molar-refractivity contribution in [3.05, 3.63) is 28.3 Å². The minimum Gasteiger partial charge on any atom is -0.312 e. The van der Waals surface area contributed by atoms with E-state index in [2.05, 4.69) is 6.07 Å². The molecule has 0 radical (unpaired) electrons. The molecular formula is C12H11ClN2O. The fraction of sp³-hybridized carbons (Fsp3) is 0.333. The van der Waals surface area contributed by atoms with Crippen LogP contribution in [0.4, 0.5) is 5.69 Å². The molecule has 3 nitrogen and oxygen atoms in total. The fourth-order valence-electron chi connectivity index (χ4n) is 2.00. The molecule has 4 heteroatoms. The fourth-order valence-corrected chi connectivity index (χ4v) is 2.25. The Kier molecular flexibility index (Phi) is 2.84. The number of hydrogen-bond donors (Lipinski definition) is 0. The van der Waals surface area contributed by atoms with Crippen LogP contribution in [-0.4, -0.2) is 12.5 Å². The molecule has 1 aliphatic heterocycles. The lowest BCUT2D eigenvalue weighted by molar-refractivity contribution is -0.116. The van der Waals surface area contributed by atoms with E-state index >= 15 is 0 Å². The lowest BCUT2D eigenvalue weighted by Crippen LogP contribution is -2.25. The summed E-state index contributed by atoms with van der Waals surface area (Å²) in [5.74, 6) is 0.0315. The Bertz CT molecular complexity index is 491. The van der Waals surface area contributed by atoms with Crippen LogP contribution in [-0.2, 0) is 17.6 Å². The zero-order valence-electron chi connectivity index (χ0n) is 8.96. The number of halogens is 1. The van der Waals surface area contributed by atoms with Crippen molar-refractivity contribution in [3.63, 3.8) is 0 Å². The van der Waals surface area contributed by atoms with Crippen LogP contribution in [0.3, 0.4) is 0 Å². The summed E-state index contributed by atoms with van der Waals surface area (Å²) in [6.45, 7) is 2.25. The summed E-state index contributed by atoms with van der Waals surface area (Å²) >= 11 is 6.06. The standard InChI is InChI=1S/C12H11ClN2O/c1-8(16)15-5-3-10-6-11(13)9(2-4-14)7-12(10)15/h6-7H,2-3,5H2,1H3. The second kappa shape index (κ2) is 4.15. The summed E-state index contributed by atoms with van der Waals surface area (Å²) in [6, 6.07) is 5.80. The zero-order valence-corrected chi connectivity index (χ0v) is 9.71. The number of amides is 1. The van der Waals surface area contributed by atoms with Gasteiger partial charge in [-0.3, -0.25) is 4.79 Å². The first-order chi connectivity index (χ1) is 7.63. The van der Waals surface area contributed by atoms with Crippen molar-refractivity contribution in [1.82, 2.24) is 0 Å². The van der Waals surface area contributed by atoms with E-state index in [4.69, 9.17) is 16.9 Å². The van der Waals surface area contributed by atoms with Gasteiger partial charge in [-0.2, -0.15) is 5.26 Å². The molecule has 1 aromatic rings. The van der Waals surface area contributed by atoms with Gasteiger partial charge in [0.15, 0.2) is 0 Å². The number of carbonyl (C=O) groups is 1. The minimum absolute atomic E-state index is 0.0315. The smallest absolute Gasteiger partial charge is 0.223 e. The average molecular weight is 235 g/mol. The van der Waals surface area contributed by atoms with E-state index in [1.165, 1.54) is 0 Å². The van der Waals surface area contributed by atoms with E-state index in [1.54, 1.807) is 11.8 Å². The molecule has 0 bridgehead atoms. The summed E-state index contributed by atoms with van der Waals surface area (Å²) in [5, 5.41) is 9.29. The molecule has 0 spiro atoms. The van der Waals surface area contributed by atoms with Gasteiger partial charge in [0.25, 0.3) is 0 Å². The van der Waals surface area contributed by atoms with Gasteiger partial charge < -0.3 is 4.90 Å². The van der Waals surface area contributed by atoms with Crippen molar-refractivity contribution < 1.29 is 4.79 Å². The predicted molar refractivity (Wildman–Crippen MR) is 62.5 cm³/mol. The molecule has 0 aliphatic carbocycles. The van der Waals surface area contributed by atoms with Crippen molar-refractivity contribution in [2.24, 2.45) is 0 Å². The Morgan fingerprint density at radius 1 is 1.62 bits per heavy atom. The van der Waals surface area contributed by atoms with E-state index in [-0.39, 0.29) is 12.3 Å². The Morgan fingerprint density at radius 3 is 3.00 bits per heavy atom. The Labute approximate surface area is 99.2 Å². The van der Waals surface area contributed by atoms with Gasteiger partial charge in [-0.05, 0) is 29.7 Å². The number of fused-ring (bicyclic) bond motifs is 1. The lowest BCUT2D eigenvalue weighted by Gasteiger charge is -2.15. The Morgan fingerprint density at radius 2 is 2.38 bits per heavy atom. The summed E-state index contributed by atoms with van der Waals surface area (Å²) in [6.07, 6.45) is 1.11. The largest absolute Gasteiger partial charge is 0.312 e. The topological polar surface area (TPSA) is 44.1 Å². The van der Waals surface area contributed by atoms with E-state index < -0.39 is 0 Å². The van der Waals surface area contributed by atoms with Crippen LogP contribution < -0.4 is 4.90 Å². The van der Waals surface area contributed by atoms with Crippen LogP contribution in [0, 0.1) is 11.3 Å². The van der Waals surface area contributed by atoms with Crippen LogP contribution >= 0.6 is 11.6 Å². The molecule has 0 unspecified atom stereocenters. The highest BCUT2D eigenvalue weighted by atomic mass is 35.5. The third-order valence-electron chi connectivity index (χ3n) is 2.79. The molecule has 0 atom stereocenters. The van der Waals surface area contributed by atoms with E-state index in [9.17, 15) is 4.79 Å². The number of anilines is 1. The van der Waals surface area contributed by atoms with Gasteiger partial charge in [0.1, 0.15) is 0 Å². The normalized spacial score (nSPS) is 13.4. The van der Waals surface area contributed by atoms with E-state index in [1.807, 2.05) is 12.1 Å². The average Bonchev–Trinajstić information content (AvgIpc) is 2.61. The summed E-state index contributed by atoms with van der Waals surface area (Å²) in [7, 11) is 0. The predicted octanol–water partition coefficient (Wildman–Crippen LogP) is 2.32. The quantitative estimate of drug-likeness (QED) is 0.749. The molecule has 0 fully saturated rings. The van der Waals surface area contributed by atoms with Crippen molar-refractivity contribution >= 4 is 23.2 Å². The van der Waals surface area contributed by atoms with Gasteiger partial charge >= 0.3 is 0 Å². The molecular weight excluding hydrogens is 224 g/mol. The number of hydrogen-bond acceptors (Lipinski definition) is 2. The van der Waals surface area contributed by atoms with E-state index in [0.717, 1.165) is 23.2 Å². The van der Waals surface area contributed by atoms with Crippen molar-refractivity contribution in [2.45, 2.75) is 19.8 Å². The lowest BCUT2D eigenvalue weighted by atomic mass is 10.1. The highest BCUT2D eigenvalue weighted by Crippen LogP contribution is 2.33. The van der Waals surface area contributed by atoms with Gasteiger partial charge in [-0.25, -0.2) is 0 Å². The molecule has 16 heavy (non-hydrogen) atoms. The minimum atomic E-state index is 0.0315. The Balaban J connectivity index is 2.47. The second-order valence-electron chi connectivity index (χ2n) is 3.83. The van der Waals surface area contributed by atoms with Crippen molar-refractivity contribution in [2.75, 3.05) is 11.4 Å². The van der Waals surface area contributed by atoms with Crippen molar-refractivity contribution in [1.29, 1.82) is 5.26 Å². The highest BCUT2D eigenvalue weighted by Gasteiger charge is 2.23. The number of nitriles is 1. The molecule has 0 aromatic heterocycles. The third kappa shape index (κ3) is 1.77. The highest BCUT2D eigenvalue weighted by molar-refractivity contribution is 6.31. The number of benzene rings is 1. The van der Waals surface area contributed by atoms with Crippen LogP contribution in [0.1, 0.15) is 18.1 Å². The number of rotatable bonds is 1. The molecule has 0 saturated heterocycles. The third-order valence-corrected chi connectivity index (χ3v) is 3.14. The molecule has 1 aliphatic rings. The maximum Gasteiger partial charge on any atom is 0.223 e. The summed E-state index contributed by atoms with van der Waals surface area (Å²) in [4.78, 5) is 13.1. The maximum absolute atomic E-state index is 11.4. The molecule has 2 rings (SSSR count). The molecule has 82 valence electrons. The van der Waals surface area contributed by atoms with Gasteiger partial charge in [0.05, 0.1) is 12.5 Å². The van der Waals surface area contributed by atoms with Gasteiger partial charge in [0.2, 0.25) is 5.91 Å². The molecule has 1 heterocycles. The summed E-state index contributed by atoms with van der Waals surface area (Å²) < 4.78 is 0. The van der Waals surface area contributed by atoms with Gasteiger partial charge in [0, 0.05) is 24.2 Å². The summed E-state index contributed by atoms with van der Waals surface area (Å²) in [5.41, 5.74) is 2.78. The van der Waals surface area contributed by atoms with Gasteiger partial charge in [-0.15, -0.1) is 0 Å². The number of nitrogens with zero attached hydrogens (tertiary/aromatic N) is 2. The van der Waals surface area contributed by atoms with Crippen LogP contribution in [0.15, 0.2) is 12.1 Å². The van der Waals surface area contributed by atoms with Crippen LogP contribution in [0.5, 0.6) is 0 Å². The first-order valence-electron chi connectivity index (χ1n) is 5.10. The Hall–Kier alpha value is -1.53. The first-order valence-corrected chi connectivity index (χ1v) is 5.47. The SMILES string of the molecule is CC(=O)N1CCc2cc(Cl)c(CC#N)cc21. The van der Waals surface area contributed by atoms with Gasteiger partial charge in [-0.1, -0.05) is 11.6 Å². The zero-order chi connectivity index (χ0) is 11.7. The first kappa shape index (κ1) is 11.0. The monoisotopic (exact) mass is 234 g/mol. The van der Waals surface area contributed by atoms with Crippen LogP contribution in [0.25, 0.3) is 0 Å². The van der Waals surface area contributed by atoms with Crippen molar-refractivity contribution in [3.8, 4) is 6.07 Å². The maximum atomic E-state index is 11.4. The van der Waals surface area contributed by atoms with Crippen LogP contribution in [0.2, 0.25) is 5.02 Å². The molecule has 1 aromatic carbocycles. The number of carbonyl (C=O) groups excluding carboxylic acids is 1. The second-order valence-corrected chi connectivity index (χ2v) is 4.24. The van der Waals surface area contributed by atoms with E-state index in [0.29, 0.717) is 11.6 Å². The molecule has 0 saturated carbocycles.